The monoisotopic (exact) mass is 453 g/mol. The first-order chi connectivity index (χ1) is 12.2. The maximum atomic E-state index is 4.56. The van der Waals surface area contributed by atoms with E-state index in [2.05, 4.69) is 71.3 Å². The summed E-state index contributed by atoms with van der Waals surface area (Å²) in [5.74, 6) is 0. The zero-order valence-electron chi connectivity index (χ0n) is 13.1. The third kappa shape index (κ3) is 3.43. The van der Waals surface area contributed by atoms with Gasteiger partial charge in [0.15, 0.2) is 0 Å². The number of fused-ring (bicyclic) bond motifs is 1. The molecule has 0 amide bonds. The average molecular weight is 455 g/mol. The van der Waals surface area contributed by atoms with Gasteiger partial charge >= 0.3 is 0 Å². The van der Waals surface area contributed by atoms with Crippen LogP contribution < -0.4 is 0 Å². The lowest BCUT2D eigenvalue weighted by Gasteiger charge is -2.01. The Labute approximate surface area is 162 Å². The molecule has 0 saturated carbocycles. The molecule has 1 heterocycles. The quantitative estimate of drug-likeness (QED) is 0.307. The number of hydrogen-bond donors (Lipinski definition) is 1. The predicted octanol–water partition coefficient (Wildman–Crippen LogP) is 7.78. The van der Waals surface area contributed by atoms with Crippen molar-refractivity contribution in [2.24, 2.45) is 10.2 Å². The van der Waals surface area contributed by atoms with Gasteiger partial charge in [-0.05, 0) is 42.5 Å². The molecule has 3 nitrogen and oxygen atoms in total. The molecule has 1 N–H and O–H groups in total. The second-order valence-corrected chi connectivity index (χ2v) is 7.41. The lowest BCUT2D eigenvalue weighted by Crippen LogP contribution is -1.77. The first kappa shape index (κ1) is 16.2. The van der Waals surface area contributed by atoms with Gasteiger partial charge < -0.3 is 4.98 Å². The Bertz CT molecular complexity index is 1050. The van der Waals surface area contributed by atoms with E-state index in [-0.39, 0.29) is 0 Å². The summed E-state index contributed by atoms with van der Waals surface area (Å²) in [4.78, 5) is 3.47. The van der Waals surface area contributed by atoms with Crippen molar-refractivity contribution in [2.75, 3.05) is 0 Å². The van der Waals surface area contributed by atoms with Gasteiger partial charge in [-0.1, -0.05) is 62.2 Å². The van der Waals surface area contributed by atoms with Crippen LogP contribution in [-0.4, -0.2) is 4.98 Å². The molecule has 3 aromatic carbocycles. The van der Waals surface area contributed by atoms with Crippen molar-refractivity contribution in [3.8, 4) is 11.3 Å². The molecule has 4 aromatic rings. The molecule has 0 aliphatic rings. The van der Waals surface area contributed by atoms with Crippen LogP contribution in [0.3, 0.4) is 0 Å². The van der Waals surface area contributed by atoms with E-state index in [0.717, 1.165) is 42.5 Å². The van der Waals surface area contributed by atoms with Gasteiger partial charge in [0.2, 0.25) is 0 Å². The Balaban J connectivity index is 1.84. The van der Waals surface area contributed by atoms with Crippen molar-refractivity contribution in [3.63, 3.8) is 0 Å². The maximum Gasteiger partial charge on any atom is 0.119 e. The minimum absolute atomic E-state index is 0.815. The van der Waals surface area contributed by atoms with E-state index in [9.17, 15) is 0 Å². The van der Waals surface area contributed by atoms with Crippen LogP contribution in [0.5, 0.6) is 0 Å². The number of H-pyrrole nitrogens is 1. The van der Waals surface area contributed by atoms with Gasteiger partial charge in [0.25, 0.3) is 0 Å². The Morgan fingerprint density at radius 1 is 0.680 bits per heavy atom. The zero-order valence-corrected chi connectivity index (χ0v) is 16.3. The summed E-state index contributed by atoms with van der Waals surface area (Å²) in [5.41, 5.74) is 4.75. The Hall–Kier alpha value is -2.24. The number of aromatic nitrogens is 1. The fourth-order valence-corrected chi connectivity index (χ4v) is 3.20. The van der Waals surface area contributed by atoms with E-state index in [1.165, 1.54) is 0 Å². The minimum atomic E-state index is 0.815. The van der Waals surface area contributed by atoms with E-state index < -0.39 is 0 Å². The highest BCUT2D eigenvalue weighted by atomic mass is 79.9. The van der Waals surface area contributed by atoms with E-state index in [4.69, 9.17) is 0 Å². The summed E-state index contributed by atoms with van der Waals surface area (Å²) in [6, 6.07) is 24.1. The second-order valence-electron chi connectivity index (χ2n) is 5.58. The van der Waals surface area contributed by atoms with E-state index in [1.807, 2.05) is 48.5 Å². The highest BCUT2D eigenvalue weighted by Crippen LogP contribution is 2.38. The number of benzene rings is 3. The highest BCUT2D eigenvalue weighted by Gasteiger charge is 2.12. The van der Waals surface area contributed by atoms with Crippen LogP contribution in [0, 0.1) is 0 Å². The molecule has 0 atom stereocenters. The number of halogens is 2. The summed E-state index contributed by atoms with van der Waals surface area (Å²) in [6.45, 7) is 0. The number of rotatable bonds is 3. The maximum absolute atomic E-state index is 4.56. The van der Waals surface area contributed by atoms with Gasteiger partial charge in [-0.3, -0.25) is 0 Å². The Morgan fingerprint density at radius 3 is 2.04 bits per heavy atom. The number of hydrogen-bond acceptors (Lipinski definition) is 2. The second kappa shape index (κ2) is 6.94. The van der Waals surface area contributed by atoms with Crippen molar-refractivity contribution in [1.82, 2.24) is 4.98 Å². The largest absolute Gasteiger partial charge is 0.353 e. The van der Waals surface area contributed by atoms with Crippen LogP contribution in [0.4, 0.5) is 11.4 Å². The highest BCUT2D eigenvalue weighted by molar-refractivity contribution is 9.10. The molecule has 0 aliphatic heterocycles. The van der Waals surface area contributed by atoms with Gasteiger partial charge in [0, 0.05) is 25.4 Å². The van der Waals surface area contributed by atoms with Crippen LogP contribution >= 0.6 is 31.9 Å². The molecular weight excluding hydrogens is 442 g/mol. The number of nitrogens with zero attached hydrogens (tertiary/aromatic N) is 2. The molecular formula is C20H13Br2N3. The van der Waals surface area contributed by atoms with Crippen molar-refractivity contribution in [2.45, 2.75) is 0 Å². The van der Waals surface area contributed by atoms with Crippen molar-refractivity contribution in [3.05, 3.63) is 81.7 Å². The molecule has 5 heteroatoms. The van der Waals surface area contributed by atoms with Crippen LogP contribution in [0.15, 0.2) is 92.0 Å². The van der Waals surface area contributed by atoms with Gasteiger partial charge in [-0.25, -0.2) is 0 Å². The Kier molecular flexibility index (Phi) is 4.51. The molecule has 122 valence electrons. The first-order valence-corrected chi connectivity index (χ1v) is 9.33. The third-order valence-corrected chi connectivity index (χ3v) is 4.96. The van der Waals surface area contributed by atoms with Gasteiger partial charge in [-0.2, -0.15) is 5.11 Å². The topological polar surface area (TPSA) is 40.5 Å². The standard InChI is InChI=1S/C20H13Br2N3/c21-14-7-5-13(6-8-14)19-20(17-3-1-2-4-18(17)23-19)25-24-16-11-9-15(22)10-12-16/h1-12,23H. The van der Waals surface area contributed by atoms with E-state index >= 15 is 0 Å². The summed E-state index contributed by atoms with van der Waals surface area (Å²) in [5, 5.41) is 10.0. The molecule has 1 aromatic heterocycles. The fraction of sp³-hybridized carbons (Fsp3) is 0. The van der Waals surface area contributed by atoms with E-state index in [1.54, 1.807) is 0 Å². The molecule has 0 aliphatic carbocycles. The van der Waals surface area contributed by atoms with Crippen molar-refractivity contribution >= 4 is 54.1 Å². The van der Waals surface area contributed by atoms with Crippen LogP contribution in [-0.2, 0) is 0 Å². The van der Waals surface area contributed by atoms with Crippen molar-refractivity contribution in [1.29, 1.82) is 0 Å². The molecule has 25 heavy (non-hydrogen) atoms. The average Bonchev–Trinajstić information content (AvgIpc) is 3.00. The predicted molar refractivity (Wildman–Crippen MR) is 110 cm³/mol. The smallest absolute Gasteiger partial charge is 0.119 e. The van der Waals surface area contributed by atoms with Crippen molar-refractivity contribution < 1.29 is 0 Å². The molecule has 0 fully saturated rings. The van der Waals surface area contributed by atoms with Gasteiger partial charge in [0.05, 0.1) is 11.4 Å². The number of para-hydroxylation sites is 1. The Morgan fingerprint density at radius 2 is 1.32 bits per heavy atom. The summed E-state index contributed by atoms with van der Waals surface area (Å²) in [6.07, 6.45) is 0. The van der Waals surface area contributed by atoms with Crippen LogP contribution in [0.2, 0.25) is 0 Å². The van der Waals surface area contributed by atoms with Crippen LogP contribution in [0.1, 0.15) is 0 Å². The third-order valence-electron chi connectivity index (χ3n) is 3.90. The summed E-state index contributed by atoms with van der Waals surface area (Å²) in [7, 11) is 0. The zero-order chi connectivity index (χ0) is 17.2. The first-order valence-electron chi connectivity index (χ1n) is 7.75. The lowest BCUT2D eigenvalue weighted by molar-refractivity contribution is 1.24. The lowest BCUT2D eigenvalue weighted by atomic mass is 10.1. The molecule has 0 radical (unpaired) electrons. The summed E-state index contributed by atoms with van der Waals surface area (Å²) < 4.78 is 2.07. The van der Waals surface area contributed by atoms with Gasteiger partial charge in [-0.15, -0.1) is 5.11 Å². The molecule has 0 spiro atoms. The van der Waals surface area contributed by atoms with E-state index in [0.29, 0.717) is 0 Å². The van der Waals surface area contributed by atoms with Crippen LogP contribution in [0.25, 0.3) is 22.2 Å². The molecule has 4 rings (SSSR count). The number of nitrogens with one attached hydrogen (secondary N) is 1. The molecule has 0 bridgehead atoms. The normalized spacial score (nSPS) is 11.4. The number of aromatic amines is 1. The SMILES string of the molecule is Brc1ccc(N=Nc2c(-c3ccc(Br)cc3)[nH]c3ccccc23)cc1. The molecule has 0 saturated heterocycles. The minimum Gasteiger partial charge on any atom is -0.353 e. The number of azo groups is 1. The van der Waals surface area contributed by atoms with Gasteiger partial charge in [0.1, 0.15) is 5.69 Å². The fourth-order valence-electron chi connectivity index (χ4n) is 2.67. The molecule has 0 unspecified atom stereocenters. The summed E-state index contributed by atoms with van der Waals surface area (Å²) >= 11 is 6.92.